The molecule has 0 radical (unpaired) electrons. The molecule has 0 saturated heterocycles. The van der Waals surface area contributed by atoms with Crippen LogP contribution < -0.4 is 5.32 Å². The Hall–Kier alpha value is -0.120. The molecule has 3 nitrogen and oxygen atoms in total. The first kappa shape index (κ1) is 16.9. The quantitative estimate of drug-likeness (QED) is 0.618. The summed E-state index contributed by atoms with van der Waals surface area (Å²) in [6, 6.07) is 0.741. The molecule has 1 fully saturated rings. The summed E-state index contributed by atoms with van der Waals surface area (Å²) < 4.78 is 5.24. The number of ether oxygens (including phenoxy) is 1. The zero-order valence-corrected chi connectivity index (χ0v) is 13.7. The van der Waals surface area contributed by atoms with Crippen molar-refractivity contribution in [3.63, 3.8) is 0 Å². The van der Waals surface area contributed by atoms with E-state index in [1.807, 2.05) is 0 Å². The van der Waals surface area contributed by atoms with Crippen LogP contribution in [0.3, 0.4) is 0 Å². The second-order valence-electron chi connectivity index (χ2n) is 6.99. The van der Waals surface area contributed by atoms with Crippen molar-refractivity contribution < 1.29 is 4.74 Å². The van der Waals surface area contributed by atoms with Crippen molar-refractivity contribution >= 4 is 0 Å². The van der Waals surface area contributed by atoms with E-state index in [-0.39, 0.29) is 5.54 Å². The summed E-state index contributed by atoms with van der Waals surface area (Å²) >= 11 is 0. The highest BCUT2D eigenvalue weighted by Gasteiger charge is 2.31. The molecule has 3 heteroatoms. The Bertz CT molecular complexity index is 233. The average Bonchev–Trinajstić information content (AvgIpc) is 3.14. The molecule has 0 bridgehead atoms. The van der Waals surface area contributed by atoms with E-state index in [0.717, 1.165) is 31.7 Å². The minimum absolute atomic E-state index is 0.247. The summed E-state index contributed by atoms with van der Waals surface area (Å²) in [6.45, 7) is 13.4. The smallest absolute Gasteiger partial charge is 0.0589 e. The molecule has 0 amide bonds. The maximum atomic E-state index is 5.24. The van der Waals surface area contributed by atoms with Gasteiger partial charge in [0.05, 0.1) is 6.61 Å². The molecule has 0 aromatic rings. The van der Waals surface area contributed by atoms with Gasteiger partial charge in [-0.2, -0.15) is 0 Å². The first-order valence-corrected chi connectivity index (χ1v) is 7.92. The van der Waals surface area contributed by atoms with Gasteiger partial charge in [0.1, 0.15) is 0 Å². The lowest BCUT2D eigenvalue weighted by Crippen LogP contribution is -2.39. The number of nitrogens with one attached hydrogen (secondary N) is 1. The lowest BCUT2D eigenvalue weighted by atomic mass is 10.1. The molecule has 0 spiro atoms. The Kier molecular flexibility index (Phi) is 7.33. The van der Waals surface area contributed by atoms with E-state index in [9.17, 15) is 0 Å². The van der Waals surface area contributed by atoms with Crippen molar-refractivity contribution in [2.75, 3.05) is 33.4 Å². The zero-order chi connectivity index (χ0) is 14.3. The van der Waals surface area contributed by atoms with E-state index in [1.165, 1.54) is 32.2 Å². The summed E-state index contributed by atoms with van der Waals surface area (Å²) in [4.78, 5) is 2.62. The second-order valence-corrected chi connectivity index (χ2v) is 6.99. The predicted octanol–water partition coefficient (Wildman–Crippen LogP) is 2.90. The van der Waals surface area contributed by atoms with Gasteiger partial charge in [0, 0.05) is 25.2 Å². The van der Waals surface area contributed by atoms with E-state index in [1.54, 1.807) is 7.11 Å². The molecule has 0 aromatic heterocycles. The van der Waals surface area contributed by atoms with E-state index < -0.39 is 0 Å². The van der Waals surface area contributed by atoms with Crippen molar-refractivity contribution in [3.8, 4) is 0 Å². The van der Waals surface area contributed by atoms with Crippen molar-refractivity contribution in [1.82, 2.24) is 10.2 Å². The number of hydrogen-bond donors (Lipinski definition) is 1. The third-order valence-corrected chi connectivity index (χ3v) is 3.99. The Balaban J connectivity index is 2.16. The van der Waals surface area contributed by atoms with Crippen LogP contribution in [0.2, 0.25) is 0 Å². The van der Waals surface area contributed by atoms with Gasteiger partial charge in [0.2, 0.25) is 0 Å². The molecule has 1 aliphatic carbocycles. The third kappa shape index (κ3) is 7.91. The van der Waals surface area contributed by atoms with Crippen molar-refractivity contribution in [1.29, 1.82) is 0 Å². The normalized spacial score (nSPS) is 18.0. The molecule has 0 aliphatic heterocycles. The van der Waals surface area contributed by atoms with E-state index in [4.69, 9.17) is 4.74 Å². The van der Waals surface area contributed by atoms with Gasteiger partial charge in [-0.25, -0.2) is 0 Å². The topological polar surface area (TPSA) is 24.5 Å². The predicted molar refractivity (Wildman–Crippen MR) is 82.6 cm³/mol. The van der Waals surface area contributed by atoms with Crippen LogP contribution >= 0.6 is 0 Å². The van der Waals surface area contributed by atoms with Crippen molar-refractivity contribution in [2.45, 2.75) is 65.0 Å². The first-order chi connectivity index (χ1) is 8.94. The molecule has 19 heavy (non-hydrogen) atoms. The van der Waals surface area contributed by atoms with Gasteiger partial charge in [-0.1, -0.05) is 0 Å². The van der Waals surface area contributed by atoms with Crippen molar-refractivity contribution in [2.24, 2.45) is 5.92 Å². The van der Waals surface area contributed by atoms with Crippen LogP contribution in [-0.2, 0) is 4.74 Å². The highest BCUT2D eigenvalue weighted by atomic mass is 16.5. The van der Waals surface area contributed by atoms with E-state index in [2.05, 4.69) is 37.9 Å². The van der Waals surface area contributed by atoms with Crippen LogP contribution in [0.1, 0.15) is 53.4 Å². The van der Waals surface area contributed by atoms with Crippen LogP contribution in [0, 0.1) is 5.92 Å². The van der Waals surface area contributed by atoms with Crippen LogP contribution in [0.4, 0.5) is 0 Å². The van der Waals surface area contributed by atoms with Gasteiger partial charge in [-0.15, -0.1) is 0 Å². The standard InChI is InChI=1S/C16H34N2O/c1-14(15-8-9-15)18(12-13-19-5)11-7-6-10-17-16(2,3)4/h14-15,17H,6-13H2,1-5H3. The van der Waals surface area contributed by atoms with E-state index in [0.29, 0.717) is 0 Å². The third-order valence-electron chi connectivity index (χ3n) is 3.99. The maximum absolute atomic E-state index is 5.24. The highest BCUT2D eigenvalue weighted by molar-refractivity contribution is 4.85. The van der Waals surface area contributed by atoms with Gasteiger partial charge in [-0.3, -0.25) is 4.90 Å². The first-order valence-electron chi connectivity index (χ1n) is 7.92. The fourth-order valence-electron chi connectivity index (χ4n) is 2.51. The summed E-state index contributed by atoms with van der Waals surface area (Å²) in [5.41, 5.74) is 0.247. The second kappa shape index (κ2) is 8.23. The number of methoxy groups -OCH3 is 1. The minimum Gasteiger partial charge on any atom is -0.383 e. The van der Waals surface area contributed by atoms with Gasteiger partial charge >= 0.3 is 0 Å². The van der Waals surface area contributed by atoms with Gasteiger partial charge in [-0.05, 0) is 72.4 Å². The molecular weight excluding hydrogens is 236 g/mol. The summed E-state index contributed by atoms with van der Waals surface area (Å²) in [5, 5.41) is 3.56. The largest absolute Gasteiger partial charge is 0.383 e. The number of unbranched alkanes of at least 4 members (excludes halogenated alkanes) is 1. The molecule has 1 unspecified atom stereocenters. The molecule has 1 saturated carbocycles. The Labute approximate surface area is 120 Å². The fourth-order valence-corrected chi connectivity index (χ4v) is 2.51. The molecule has 1 atom stereocenters. The summed E-state index contributed by atoms with van der Waals surface area (Å²) in [6.07, 6.45) is 5.40. The Morgan fingerprint density at radius 3 is 2.42 bits per heavy atom. The van der Waals surface area contributed by atoms with Crippen LogP contribution in [-0.4, -0.2) is 49.8 Å². The molecule has 1 rings (SSSR count). The SMILES string of the molecule is COCCN(CCCCNC(C)(C)C)C(C)C1CC1. The fraction of sp³-hybridized carbons (Fsp3) is 1.00. The van der Waals surface area contributed by atoms with Gasteiger partial charge in [0.25, 0.3) is 0 Å². The van der Waals surface area contributed by atoms with Crippen molar-refractivity contribution in [3.05, 3.63) is 0 Å². The average molecular weight is 270 g/mol. The molecular formula is C16H34N2O. The highest BCUT2D eigenvalue weighted by Crippen LogP contribution is 2.35. The van der Waals surface area contributed by atoms with Gasteiger partial charge < -0.3 is 10.1 Å². The Morgan fingerprint density at radius 1 is 1.21 bits per heavy atom. The summed E-state index contributed by atoms with van der Waals surface area (Å²) in [5.74, 6) is 0.949. The van der Waals surface area contributed by atoms with Crippen LogP contribution in [0.25, 0.3) is 0 Å². The lowest BCUT2D eigenvalue weighted by molar-refractivity contribution is 0.115. The molecule has 1 N–H and O–H groups in total. The minimum atomic E-state index is 0.247. The Morgan fingerprint density at radius 2 is 1.89 bits per heavy atom. The molecule has 0 heterocycles. The number of rotatable bonds is 10. The maximum Gasteiger partial charge on any atom is 0.0589 e. The van der Waals surface area contributed by atoms with Gasteiger partial charge in [0.15, 0.2) is 0 Å². The summed E-state index contributed by atoms with van der Waals surface area (Å²) in [7, 11) is 1.80. The molecule has 0 aromatic carbocycles. The van der Waals surface area contributed by atoms with Crippen LogP contribution in [0.5, 0.6) is 0 Å². The zero-order valence-electron chi connectivity index (χ0n) is 13.7. The van der Waals surface area contributed by atoms with E-state index >= 15 is 0 Å². The number of nitrogens with zero attached hydrogens (tertiary/aromatic N) is 1. The van der Waals surface area contributed by atoms with Crippen LogP contribution in [0.15, 0.2) is 0 Å². The number of hydrogen-bond acceptors (Lipinski definition) is 3. The molecule has 114 valence electrons. The monoisotopic (exact) mass is 270 g/mol. The molecule has 1 aliphatic rings. The lowest BCUT2D eigenvalue weighted by Gasteiger charge is -2.29.